The van der Waals surface area contributed by atoms with E-state index in [2.05, 4.69) is 24.0 Å². The number of aryl methyl sites for hydroxylation is 2. The molecule has 4 heteroatoms. The summed E-state index contributed by atoms with van der Waals surface area (Å²) in [6.45, 7) is 4.82. The summed E-state index contributed by atoms with van der Waals surface area (Å²) in [5, 5.41) is 2.19. The van der Waals surface area contributed by atoms with E-state index in [4.69, 9.17) is 10.7 Å². The molecule has 2 heterocycles. The molecule has 0 atom stereocenters. The van der Waals surface area contributed by atoms with Crippen molar-refractivity contribution < 1.29 is 0 Å². The Morgan fingerprint density at radius 2 is 1.95 bits per heavy atom. The van der Waals surface area contributed by atoms with Gasteiger partial charge in [-0.1, -0.05) is 18.2 Å². The van der Waals surface area contributed by atoms with Crippen LogP contribution in [0, 0.1) is 13.8 Å². The van der Waals surface area contributed by atoms with Gasteiger partial charge >= 0.3 is 0 Å². The lowest BCUT2D eigenvalue weighted by molar-refractivity contribution is 0.970. The molecule has 0 fully saturated rings. The second-order valence-electron chi connectivity index (χ2n) is 4.91. The van der Waals surface area contributed by atoms with Crippen LogP contribution in [0.2, 0.25) is 0 Å². The highest BCUT2D eigenvalue weighted by molar-refractivity contribution is 7.15. The van der Waals surface area contributed by atoms with Gasteiger partial charge in [0.05, 0.1) is 16.9 Å². The zero-order chi connectivity index (χ0) is 14.1. The fourth-order valence-corrected chi connectivity index (χ4v) is 3.40. The molecule has 0 saturated carbocycles. The Bertz CT molecular complexity index is 762. The summed E-state index contributed by atoms with van der Waals surface area (Å²) in [6, 6.07) is 10.3. The van der Waals surface area contributed by atoms with Crippen molar-refractivity contribution in [1.82, 2.24) is 9.97 Å². The fraction of sp³-hybridized carbons (Fsp3) is 0.250. The molecule has 0 unspecified atom stereocenters. The van der Waals surface area contributed by atoms with Crippen molar-refractivity contribution in [2.24, 2.45) is 5.73 Å². The largest absolute Gasteiger partial charge is 0.330 e. The van der Waals surface area contributed by atoms with Crippen LogP contribution in [0.3, 0.4) is 0 Å². The highest BCUT2D eigenvalue weighted by Crippen LogP contribution is 2.29. The zero-order valence-electron chi connectivity index (χ0n) is 11.7. The molecule has 0 saturated heterocycles. The minimum absolute atomic E-state index is 0.659. The molecule has 0 aliphatic carbocycles. The second kappa shape index (κ2) is 5.31. The smallest absolute Gasteiger partial charge is 0.142 e. The van der Waals surface area contributed by atoms with Crippen molar-refractivity contribution in [3.05, 3.63) is 46.5 Å². The summed E-state index contributed by atoms with van der Waals surface area (Å²) < 4.78 is 0. The Morgan fingerprint density at radius 1 is 1.15 bits per heavy atom. The molecule has 2 aromatic heterocycles. The molecule has 102 valence electrons. The van der Waals surface area contributed by atoms with Crippen molar-refractivity contribution in [2.45, 2.75) is 20.3 Å². The Morgan fingerprint density at radius 3 is 2.75 bits per heavy atom. The van der Waals surface area contributed by atoms with Crippen molar-refractivity contribution in [3.8, 4) is 10.7 Å². The zero-order valence-corrected chi connectivity index (χ0v) is 12.5. The van der Waals surface area contributed by atoms with Crippen LogP contribution in [-0.4, -0.2) is 16.5 Å². The molecule has 2 N–H and O–H groups in total. The van der Waals surface area contributed by atoms with Gasteiger partial charge in [-0.2, -0.15) is 0 Å². The van der Waals surface area contributed by atoms with Crippen LogP contribution in [0.5, 0.6) is 0 Å². The number of benzene rings is 1. The van der Waals surface area contributed by atoms with Crippen LogP contribution in [0.1, 0.15) is 16.1 Å². The molecule has 0 bridgehead atoms. The third-order valence-electron chi connectivity index (χ3n) is 3.41. The van der Waals surface area contributed by atoms with Gasteiger partial charge in [-0.3, -0.25) is 0 Å². The summed E-state index contributed by atoms with van der Waals surface area (Å²) in [4.78, 5) is 10.6. The van der Waals surface area contributed by atoms with E-state index < -0.39 is 0 Å². The summed E-state index contributed by atoms with van der Waals surface area (Å²) in [5.74, 6) is 0. The molecule has 0 spiro atoms. The van der Waals surface area contributed by atoms with Crippen molar-refractivity contribution in [3.63, 3.8) is 0 Å². The predicted molar refractivity (Wildman–Crippen MR) is 85.1 cm³/mol. The maximum absolute atomic E-state index is 5.64. The van der Waals surface area contributed by atoms with Gasteiger partial charge in [0, 0.05) is 10.3 Å². The maximum atomic E-state index is 5.64. The van der Waals surface area contributed by atoms with E-state index in [1.807, 2.05) is 25.1 Å². The number of thiazole rings is 1. The number of nitrogens with zero attached hydrogens (tertiary/aromatic N) is 2. The number of pyridine rings is 1. The fourth-order valence-electron chi connectivity index (χ4n) is 2.36. The van der Waals surface area contributed by atoms with Gasteiger partial charge in [-0.05, 0) is 44.5 Å². The first-order chi connectivity index (χ1) is 9.69. The van der Waals surface area contributed by atoms with E-state index in [9.17, 15) is 0 Å². The molecule has 3 aromatic rings. The molecule has 20 heavy (non-hydrogen) atoms. The van der Waals surface area contributed by atoms with E-state index in [0.717, 1.165) is 28.3 Å². The molecule has 0 aliphatic rings. The van der Waals surface area contributed by atoms with Crippen molar-refractivity contribution in [1.29, 1.82) is 0 Å². The first-order valence-electron chi connectivity index (χ1n) is 6.72. The van der Waals surface area contributed by atoms with E-state index >= 15 is 0 Å². The average Bonchev–Trinajstić information content (AvgIpc) is 2.81. The molecule has 3 rings (SSSR count). The highest BCUT2D eigenvalue weighted by atomic mass is 32.1. The predicted octanol–water partition coefficient (Wildman–Crippen LogP) is 3.48. The number of para-hydroxylation sites is 1. The van der Waals surface area contributed by atoms with Gasteiger partial charge in [0.25, 0.3) is 0 Å². The number of hydrogen-bond acceptors (Lipinski definition) is 4. The normalized spacial score (nSPS) is 11.2. The molecule has 0 radical (unpaired) electrons. The molecule has 0 amide bonds. The van der Waals surface area contributed by atoms with Gasteiger partial charge in [0.15, 0.2) is 0 Å². The van der Waals surface area contributed by atoms with E-state index in [1.54, 1.807) is 11.3 Å². The Labute approximate surface area is 122 Å². The van der Waals surface area contributed by atoms with Crippen LogP contribution < -0.4 is 5.73 Å². The number of hydrogen-bond donors (Lipinski definition) is 1. The lowest BCUT2D eigenvalue weighted by Gasteiger charge is -2.04. The summed E-state index contributed by atoms with van der Waals surface area (Å²) in [6.07, 6.45) is 0.885. The minimum atomic E-state index is 0.659. The van der Waals surface area contributed by atoms with Crippen LogP contribution in [0.25, 0.3) is 21.6 Å². The van der Waals surface area contributed by atoms with Crippen molar-refractivity contribution in [2.75, 3.05) is 6.54 Å². The lowest BCUT2D eigenvalue weighted by atomic mass is 10.1. The summed E-state index contributed by atoms with van der Waals surface area (Å²) >= 11 is 1.70. The minimum Gasteiger partial charge on any atom is -0.330 e. The van der Waals surface area contributed by atoms with Gasteiger partial charge in [-0.25, -0.2) is 9.97 Å². The molecule has 3 nitrogen and oxygen atoms in total. The Balaban J connectivity index is 2.12. The Hall–Kier alpha value is -1.78. The van der Waals surface area contributed by atoms with Crippen LogP contribution in [-0.2, 0) is 6.42 Å². The molecular weight excluding hydrogens is 266 g/mol. The van der Waals surface area contributed by atoms with Crippen LogP contribution in [0.15, 0.2) is 30.3 Å². The van der Waals surface area contributed by atoms with Gasteiger partial charge in [0.1, 0.15) is 5.01 Å². The lowest BCUT2D eigenvalue weighted by Crippen LogP contribution is -2.01. The first-order valence-corrected chi connectivity index (χ1v) is 7.54. The third kappa shape index (κ3) is 2.32. The second-order valence-corrected chi connectivity index (χ2v) is 5.99. The summed E-state index contributed by atoms with van der Waals surface area (Å²) in [7, 11) is 0. The number of nitrogens with two attached hydrogens (primary N) is 1. The molecule has 1 aromatic carbocycles. The number of rotatable bonds is 3. The SMILES string of the molecule is Cc1nc(-c2cc(C)c3ccccc3n2)sc1CCN. The maximum Gasteiger partial charge on any atom is 0.142 e. The third-order valence-corrected chi connectivity index (χ3v) is 4.65. The highest BCUT2D eigenvalue weighted by Gasteiger charge is 2.11. The van der Waals surface area contributed by atoms with Gasteiger partial charge < -0.3 is 5.73 Å². The first kappa shape index (κ1) is 13.2. The van der Waals surface area contributed by atoms with E-state index in [1.165, 1.54) is 15.8 Å². The molecular formula is C16H17N3S. The van der Waals surface area contributed by atoms with Crippen molar-refractivity contribution >= 4 is 22.2 Å². The Kier molecular flexibility index (Phi) is 3.51. The number of aromatic nitrogens is 2. The van der Waals surface area contributed by atoms with Crippen LogP contribution in [0.4, 0.5) is 0 Å². The van der Waals surface area contributed by atoms with Gasteiger partial charge in [0.2, 0.25) is 0 Å². The number of fused-ring (bicyclic) bond motifs is 1. The summed E-state index contributed by atoms with van der Waals surface area (Å²) in [5.41, 5.74) is 9.93. The molecule has 0 aliphatic heterocycles. The standard InChI is InChI=1S/C16H17N3S/c1-10-9-14(19-13-6-4-3-5-12(10)13)16-18-11(2)15(20-16)7-8-17/h3-6,9H,7-8,17H2,1-2H3. The average molecular weight is 283 g/mol. The monoisotopic (exact) mass is 283 g/mol. The quantitative estimate of drug-likeness (QED) is 0.800. The van der Waals surface area contributed by atoms with Gasteiger partial charge in [-0.15, -0.1) is 11.3 Å². The van der Waals surface area contributed by atoms with E-state index in [0.29, 0.717) is 6.54 Å². The topological polar surface area (TPSA) is 51.8 Å². The van der Waals surface area contributed by atoms with Crippen LogP contribution >= 0.6 is 11.3 Å². The van der Waals surface area contributed by atoms with E-state index in [-0.39, 0.29) is 0 Å².